The van der Waals surface area contributed by atoms with Crippen molar-refractivity contribution in [3.63, 3.8) is 0 Å². The lowest BCUT2D eigenvalue weighted by atomic mass is 10.3. The number of ether oxygens (including phenoxy) is 1. The Hall–Kier alpha value is -0.0200. The third kappa shape index (κ3) is 6.79. The maximum Gasteiger partial charge on any atom is 0.411 e. The Kier molecular flexibility index (Phi) is 6.72. The van der Waals surface area contributed by atoms with E-state index in [1.807, 2.05) is 18.2 Å². The van der Waals surface area contributed by atoms with Crippen molar-refractivity contribution in [2.45, 2.75) is 12.6 Å². The number of hydrogen-bond donors (Lipinski definition) is 1. The Morgan fingerprint density at radius 1 is 1.33 bits per heavy atom. The van der Waals surface area contributed by atoms with Crippen molar-refractivity contribution in [3.05, 3.63) is 26.2 Å². The van der Waals surface area contributed by atoms with Gasteiger partial charge < -0.3 is 10.1 Å². The van der Waals surface area contributed by atoms with Crippen LogP contribution in [0.2, 0.25) is 0 Å². The van der Waals surface area contributed by atoms with Crippen LogP contribution in [0.15, 0.2) is 22.7 Å². The van der Waals surface area contributed by atoms with Crippen molar-refractivity contribution in [2.75, 3.05) is 25.1 Å². The van der Waals surface area contributed by atoms with E-state index >= 15 is 0 Å². The molecule has 0 unspecified atom stereocenters. The number of halogens is 5. The Morgan fingerprint density at radius 2 is 2.06 bits per heavy atom. The number of hydrogen-bond acceptors (Lipinski definition) is 2. The lowest BCUT2D eigenvalue weighted by molar-refractivity contribution is -0.173. The molecule has 0 heterocycles. The molecule has 0 fully saturated rings. The fraction of sp³-hybridized carbons (Fsp3) is 0.455. The normalized spacial score (nSPS) is 11.6. The highest BCUT2D eigenvalue weighted by molar-refractivity contribution is 14.1. The molecule has 0 saturated heterocycles. The van der Waals surface area contributed by atoms with Gasteiger partial charge in [0.05, 0.1) is 0 Å². The van der Waals surface area contributed by atoms with Gasteiger partial charge in [-0.3, -0.25) is 0 Å². The van der Waals surface area contributed by atoms with E-state index in [1.54, 1.807) is 0 Å². The van der Waals surface area contributed by atoms with Gasteiger partial charge in [0.15, 0.2) is 0 Å². The Bertz CT molecular complexity index is 387. The van der Waals surface area contributed by atoms with Gasteiger partial charge >= 0.3 is 6.18 Å². The molecule has 0 atom stereocenters. The average Bonchev–Trinajstić information content (AvgIpc) is 2.26. The van der Waals surface area contributed by atoms with Crippen molar-refractivity contribution in [2.24, 2.45) is 0 Å². The molecule has 1 N–H and O–H groups in total. The molecule has 1 rings (SSSR count). The standard InChI is InChI=1S/C11H12BrF3INO/c12-9-3-2-8(6-10(9)16)17-4-1-5-18-7-11(13,14)15/h2-3,6,17H,1,4-5,7H2. The van der Waals surface area contributed by atoms with Gasteiger partial charge in [0.1, 0.15) is 6.61 Å². The molecule has 0 saturated carbocycles. The van der Waals surface area contributed by atoms with E-state index in [0.29, 0.717) is 13.0 Å². The minimum atomic E-state index is -4.24. The summed E-state index contributed by atoms with van der Waals surface area (Å²) < 4.78 is 41.9. The van der Waals surface area contributed by atoms with Crippen LogP contribution in [0.1, 0.15) is 6.42 Å². The van der Waals surface area contributed by atoms with Gasteiger partial charge in [-0.2, -0.15) is 13.2 Å². The molecule has 102 valence electrons. The predicted molar refractivity (Wildman–Crippen MR) is 76.8 cm³/mol. The van der Waals surface area contributed by atoms with Gasteiger partial charge in [-0.05, 0) is 63.1 Å². The summed E-state index contributed by atoms with van der Waals surface area (Å²) >= 11 is 5.58. The third-order valence-corrected chi connectivity index (χ3v) is 4.31. The van der Waals surface area contributed by atoms with Crippen molar-refractivity contribution >= 4 is 44.2 Å². The lowest BCUT2D eigenvalue weighted by Gasteiger charge is -2.09. The van der Waals surface area contributed by atoms with E-state index in [9.17, 15) is 13.2 Å². The minimum Gasteiger partial charge on any atom is -0.385 e. The SMILES string of the molecule is FC(F)(F)COCCCNc1ccc(Br)c(I)c1. The van der Waals surface area contributed by atoms with Crippen LogP contribution in [0.5, 0.6) is 0 Å². The van der Waals surface area contributed by atoms with Crippen molar-refractivity contribution < 1.29 is 17.9 Å². The van der Waals surface area contributed by atoms with Crippen LogP contribution in [0.4, 0.5) is 18.9 Å². The first-order valence-corrected chi connectivity index (χ1v) is 7.09. The van der Waals surface area contributed by atoms with Gasteiger partial charge in [-0.15, -0.1) is 0 Å². The molecule has 1 aromatic rings. The smallest absolute Gasteiger partial charge is 0.385 e. The van der Waals surface area contributed by atoms with Crippen molar-refractivity contribution in [3.8, 4) is 0 Å². The van der Waals surface area contributed by atoms with Crippen LogP contribution in [-0.2, 0) is 4.74 Å². The quantitative estimate of drug-likeness (QED) is 0.525. The molecule has 0 bridgehead atoms. The molecule has 2 nitrogen and oxygen atoms in total. The second-order valence-electron chi connectivity index (χ2n) is 3.58. The molecule has 0 radical (unpaired) electrons. The van der Waals surface area contributed by atoms with Crippen molar-refractivity contribution in [1.82, 2.24) is 0 Å². The van der Waals surface area contributed by atoms with Gasteiger partial charge in [-0.25, -0.2) is 0 Å². The number of alkyl halides is 3. The molecule has 0 amide bonds. The van der Waals surface area contributed by atoms with Crippen LogP contribution >= 0.6 is 38.5 Å². The van der Waals surface area contributed by atoms with E-state index in [1.165, 1.54) is 0 Å². The van der Waals surface area contributed by atoms with Crippen LogP contribution in [0, 0.1) is 3.57 Å². The molecule has 0 aliphatic heterocycles. The van der Waals surface area contributed by atoms with Crippen LogP contribution in [0.25, 0.3) is 0 Å². The van der Waals surface area contributed by atoms with E-state index in [2.05, 4.69) is 48.6 Å². The first kappa shape index (κ1) is 16.0. The zero-order chi connectivity index (χ0) is 13.6. The lowest BCUT2D eigenvalue weighted by Crippen LogP contribution is -2.18. The van der Waals surface area contributed by atoms with Gasteiger partial charge in [-0.1, -0.05) is 0 Å². The summed E-state index contributed by atoms with van der Waals surface area (Å²) in [6.45, 7) is -0.501. The summed E-state index contributed by atoms with van der Waals surface area (Å²) in [5.74, 6) is 0. The zero-order valence-corrected chi connectivity index (χ0v) is 13.1. The Balaban J connectivity index is 2.16. The molecule has 0 aliphatic carbocycles. The Labute approximate surface area is 126 Å². The zero-order valence-electron chi connectivity index (χ0n) is 9.36. The predicted octanol–water partition coefficient (Wildman–Crippen LogP) is 4.43. The molecule has 0 spiro atoms. The fourth-order valence-corrected chi connectivity index (χ4v) is 1.96. The summed E-state index contributed by atoms with van der Waals surface area (Å²) in [5.41, 5.74) is 0.943. The highest BCUT2D eigenvalue weighted by Gasteiger charge is 2.27. The minimum absolute atomic E-state index is 0.0974. The average molecular weight is 438 g/mol. The van der Waals surface area contributed by atoms with Crippen LogP contribution in [0.3, 0.4) is 0 Å². The summed E-state index contributed by atoms with van der Waals surface area (Å²) in [5, 5.41) is 3.12. The number of benzene rings is 1. The van der Waals surface area contributed by atoms with Crippen LogP contribution in [-0.4, -0.2) is 25.9 Å². The molecular weight excluding hydrogens is 426 g/mol. The molecule has 1 aromatic carbocycles. The molecule has 0 aromatic heterocycles. The highest BCUT2D eigenvalue weighted by Crippen LogP contribution is 2.22. The number of anilines is 1. The van der Waals surface area contributed by atoms with E-state index in [-0.39, 0.29) is 6.61 Å². The van der Waals surface area contributed by atoms with Crippen molar-refractivity contribution in [1.29, 1.82) is 0 Å². The van der Waals surface area contributed by atoms with E-state index < -0.39 is 12.8 Å². The molecule has 0 aliphatic rings. The first-order valence-electron chi connectivity index (χ1n) is 5.22. The summed E-state index contributed by atoms with van der Waals surface area (Å²) in [4.78, 5) is 0. The molecular formula is C11H12BrF3INO. The fourth-order valence-electron chi connectivity index (χ4n) is 1.20. The van der Waals surface area contributed by atoms with Gasteiger partial charge in [0.25, 0.3) is 0 Å². The van der Waals surface area contributed by atoms with Crippen LogP contribution < -0.4 is 5.32 Å². The topological polar surface area (TPSA) is 21.3 Å². The summed E-state index contributed by atoms with van der Waals surface area (Å²) in [6, 6.07) is 5.79. The second kappa shape index (κ2) is 7.54. The van der Waals surface area contributed by atoms with E-state index in [4.69, 9.17) is 0 Å². The maximum absolute atomic E-state index is 11.8. The Morgan fingerprint density at radius 3 is 2.67 bits per heavy atom. The largest absolute Gasteiger partial charge is 0.411 e. The second-order valence-corrected chi connectivity index (χ2v) is 5.59. The van der Waals surface area contributed by atoms with E-state index in [0.717, 1.165) is 13.7 Å². The molecule has 18 heavy (non-hydrogen) atoms. The highest BCUT2D eigenvalue weighted by atomic mass is 127. The summed E-state index contributed by atoms with van der Waals surface area (Å²) in [6.07, 6.45) is -3.71. The molecule has 7 heteroatoms. The monoisotopic (exact) mass is 437 g/mol. The summed E-state index contributed by atoms with van der Waals surface area (Å²) in [7, 11) is 0. The number of rotatable bonds is 6. The number of nitrogens with one attached hydrogen (secondary N) is 1. The third-order valence-electron chi connectivity index (χ3n) is 1.98. The first-order chi connectivity index (χ1) is 8.38. The maximum atomic E-state index is 11.8. The van der Waals surface area contributed by atoms with Gasteiger partial charge in [0, 0.05) is 26.9 Å². The van der Waals surface area contributed by atoms with Gasteiger partial charge in [0.2, 0.25) is 0 Å².